The molecule has 0 aliphatic heterocycles. The minimum atomic E-state index is -0.790. The number of hydrogen-bond donors (Lipinski definition) is 1. The Hall–Kier alpha value is -1.97. The van der Waals surface area contributed by atoms with Gasteiger partial charge in [0.1, 0.15) is 0 Å². The number of nitrogens with one attached hydrogen (secondary N) is 1. The van der Waals surface area contributed by atoms with Crippen LogP contribution >= 0.6 is 0 Å². The number of Topliss-reactive ketones (excluding diaryl/α,β-unsaturated/α-hetero) is 1. The van der Waals surface area contributed by atoms with Crippen molar-refractivity contribution < 1.29 is 14.3 Å². The summed E-state index contributed by atoms with van der Waals surface area (Å²) in [7, 11) is 0. The fourth-order valence-electron chi connectivity index (χ4n) is 1.37. The minimum Gasteiger partial charge on any atom is -0.456 e. The molecule has 4 nitrogen and oxygen atoms in total. The van der Waals surface area contributed by atoms with Gasteiger partial charge in [-0.1, -0.05) is 30.3 Å². The molecule has 0 heterocycles. The van der Waals surface area contributed by atoms with Gasteiger partial charge in [-0.3, -0.25) is 9.59 Å². The Morgan fingerprint density at radius 2 is 2.06 bits per heavy atom. The highest BCUT2D eigenvalue weighted by Gasteiger charge is 2.18. The van der Waals surface area contributed by atoms with Crippen LogP contribution in [0, 0.1) is 5.41 Å². The summed E-state index contributed by atoms with van der Waals surface area (Å²) in [4.78, 5) is 21.8. The van der Waals surface area contributed by atoms with Crippen molar-refractivity contribution in [3.05, 3.63) is 35.9 Å². The molecule has 0 saturated heterocycles. The van der Waals surface area contributed by atoms with Crippen molar-refractivity contribution in [1.29, 1.82) is 5.41 Å². The monoisotopic (exact) mass is 219 g/mol. The summed E-state index contributed by atoms with van der Waals surface area (Å²) in [6, 6.07) is 9.30. The lowest BCUT2D eigenvalue weighted by Gasteiger charge is -2.12. The SMILES string of the molecule is N=CCC(=O)C(Cc1ccccc1)OC=O. The second kappa shape index (κ2) is 6.50. The summed E-state index contributed by atoms with van der Waals surface area (Å²) in [5, 5.41) is 6.85. The lowest BCUT2D eigenvalue weighted by Crippen LogP contribution is -2.26. The fourth-order valence-corrected chi connectivity index (χ4v) is 1.37. The normalized spacial score (nSPS) is 11.5. The predicted octanol–water partition coefficient (Wildman–Crippen LogP) is 1.38. The first-order chi connectivity index (χ1) is 7.77. The molecule has 0 bridgehead atoms. The van der Waals surface area contributed by atoms with Gasteiger partial charge < -0.3 is 10.1 Å². The van der Waals surface area contributed by atoms with E-state index >= 15 is 0 Å². The molecule has 0 spiro atoms. The van der Waals surface area contributed by atoms with Crippen molar-refractivity contribution in [2.45, 2.75) is 18.9 Å². The van der Waals surface area contributed by atoms with Crippen LogP contribution in [0.3, 0.4) is 0 Å². The number of benzene rings is 1. The number of ketones is 1. The molecular weight excluding hydrogens is 206 g/mol. The highest BCUT2D eigenvalue weighted by Crippen LogP contribution is 2.07. The van der Waals surface area contributed by atoms with Gasteiger partial charge in [0.05, 0.1) is 0 Å². The summed E-state index contributed by atoms with van der Waals surface area (Å²) in [6.07, 6.45) is 0.563. The summed E-state index contributed by atoms with van der Waals surface area (Å²) < 4.78 is 4.73. The van der Waals surface area contributed by atoms with Crippen molar-refractivity contribution in [2.75, 3.05) is 0 Å². The molecule has 1 aromatic carbocycles. The molecule has 16 heavy (non-hydrogen) atoms. The van der Waals surface area contributed by atoms with Gasteiger partial charge in [-0.15, -0.1) is 0 Å². The third kappa shape index (κ3) is 3.65. The van der Waals surface area contributed by atoms with Crippen molar-refractivity contribution >= 4 is 18.5 Å². The first-order valence-corrected chi connectivity index (χ1v) is 4.92. The van der Waals surface area contributed by atoms with Gasteiger partial charge in [-0.25, -0.2) is 0 Å². The zero-order valence-electron chi connectivity index (χ0n) is 8.76. The molecule has 1 unspecified atom stereocenters. The van der Waals surface area contributed by atoms with E-state index in [-0.39, 0.29) is 18.7 Å². The molecule has 1 rings (SSSR count). The highest BCUT2D eigenvalue weighted by molar-refractivity contribution is 5.94. The molecule has 0 aliphatic carbocycles. The summed E-state index contributed by atoms with van der Waals surface area (Å²) >= 11 is 0. The maximum atomic E-state index is 11.5. The maximum Gasteiger partial charge on any atom is 0.293 e. The van der Waals surface area contributed by atoms with E-state index in [0.29, 0.717) is 6.42 Å². The van der Waals surface area contributed by atoms with Crippen molar-refractivity contribution in [2.24, 2.45) is 0 Å². The van der Waals surface area contributed by atoms with Gasteiger partial charge in [-0.05, 0) is 5.56 Å². The van der Waals surface area contributed by atoms with Crippen molar-refractivity contribution in [3.8, 4) is 0 Å². The Morgan fingerprint density at radius 3 is 2.62 bits per heavy atom. The molecule has 0 amide bonds. The van der Waals surface area contributed by atoms with Gasteiger partial charge in [0, 0.05) is 19.1 Å². The summed E-state index contributed by atoms with van der Waals surface area (Å²) in [6.45, 7) is 0.273. The van der Waals surface area contributed by atoms with E-state index in [1.165, 1.54) is 0 Å². The molecule has 0 fully saturated rings. The van der Waals surface area contributed by atoms with Crippen LogP contribution in [0.15, 0.2) is 30.3 Å². The van der Waals surface area contributed by atoms with Gasteiger partial charge in [0.15, 0.2) is 11.9 Å². The number of ether oxygens (including phenoxy) is 1. The Bertz CT molecular complexity index is 362. The van der Waals surface area contributed by atoms with Crippen molar-refractivity contribution in [3.63, 3.8) is 0 Å². The largest absolute Gasteiger partial charge is 0.456 e. The number of carbonyl (C=O) groups excluding carboxylic acids is 2. The lowest BCUT2D eigenvalue weighted by atomic mass is 10.0. The Kier molecular flexibility index (Phi) is 4.92. The predicted molar refractivity (Wildman–Crippen MR) is 59.5 cm³/mol. The minimum absolute atomic E-state index is 0.00859. The van der Waals surface area contributed by atoms with Crippen LogP contribution in [0.2, 0.25) is 0 Å². The van der Waals surface area contributed by atoms with Crippen LogP contribution < -0.4 is 0 Å². The molecule has 1 N–H and O–H groups in total. The van der Waals surface area contributed by atoms with E-state index in [0.717, 1.165) is 11.8 Å². The Morgan fingerprint density at radius 1 is 1.38 bits per heavy atom. The van der Waals surface area contributed by atoms with Gasteiger partial charge in [0.2, 0.25) is 0 Å². The van der Waals surface area contributed by atoms with E-state index in [9.17, 15) is 9.59 Å². The Balaban J connectivity index is 2.67. The van der Waals surface area contributed by atoms with Crippen LogP contribution in [0.4, 0.5) is 0 Å². The van der Waals surface area contributed by atoms with Crippen molar-refractivity contribution in [1.82, 2.24) is 0 Å². The molecule has 0 radical (unpaired) electrons. The molecule has 84 valence electrons. The first-order valence-electron chi connectivity index (χ1n) is 4.92. The van der Waals surface area contributed by atoms with Gasteiger partial charge >= 0.3 is 0 Å². The standard InChI is InChI=1S/C12H13NO3/c13-7-6-11(15)12(16-9-14)8-10-4-2-1-3-5-10/h1-5,7,9,12-13H,6,8H2. The molecule has 4 heteroatoms. The molecule has 1 atom stereocenters. The van der Waals surface area contributed by atoms with E-state index < -0.39 is 6.10 Å². The first kappa shape index (κ1) is 12.1. The third-order valence-corrected chi connectivity index (χ3v) is 2.15. The number of hydrogen-bond acceptors (Lipinski definition) is 4. The lowest BCUT2D eigenvalue weighted by molar-refractivity contribution is -0.143. The van der Waals surface area contributed by atoms with E-state index in [1.54, 1.807) is 0 Å². The van der Waals surface area contributed by atoms with Gasteiger partial charge in [0.25, 0.3) is 6.47 Å². The van der Waals surface area contributed by atoms with E-state index in [2.05, 4.69) is 0 Å². The zero-order chi connectivity index (χ0) is 11.8. The van der Waals surface area contributed by atoms with Crippen LogP contribution in [0.1, 0.15) is 12.0 Å². The molecule has 0 aromatic heterocycles. The molecule has 1 aromatic rings. The van der Waals surface area contributed by atoms with E-state index in [4.69, 9.17) is 10.1 Å². The average Bonchev–Trinajstić information content (AvgIpc) is 2.30. The second-order valence-corrected chi connectivity index (χ2v) is 3.29. The number of carbonyl (C=O) groups is 2. The summed E-state index contributed by atoms with van der Waals surface area (Å²) in [5.74, 6) is -0.258. The maximum absolute atomic E-state index is 11.5. The van der Waals surface area contributed by atoms with Crippen LogP contribution in [-0.4, -0.2) is 24.6 Å². The zero-order valence-corrected chi connectivity index (χ0v) is 8.76. The van der Waals surface area contributed by atoms with Gasteiger partial charge in [-0.2, -0.15) is 0 Å². The topological polar surface area (TPSA) is 67.2 Å². The number of rotatable bonds is 7. The third-order valence-electron chi connectivity index (χ3n) is 2.15. The van der Waals surface area contributed by atoms with E-state index in [1.807, 2.05) is 30.3 Å². The Labute approximate surface area is 93.7 Å². The second-order valence-electron chi connectivity index (χ2n) is 3.29. The molecular formula is C12H13NO3. The van der Waals surface area contributed by atoms with Crippen LogP contribution in [0.25, 0.3) is 0 Å². The summed E-state index contributed by atoms with van der Waals surface area (Å²) in [5.41, 5.74) is 0.924. The molecule has 0 saturated carbocycles. The molecule has 0 aliphatic rings. The average molecular weight is 219 g/mol. The highest BCUT2D eigenvalue weighted by atomic mass is 16.5. The smallest absolute Gasteiger partial charge is 0.293 e. The van der Waals surface area contributed by atoms with Crippen LogP contribution in [0.5, 0.6) is 0 Å². The quantitative estimate of drug-likeness (QED) is 0.556. The fraction of sp³-hybridized carbons (Fsp3) is 0.250. The van der Waals surface area contributed by atoms with Crippen LogP contribution in [-0.2, 0) is 20.7 Å².